The minimum atomic E-state index is -0.573. The van der Waals surface area contributed by atoms with Gasteiger partial charge in [0.25, 0.3) is 0 Å². The Balaban J connectivity index is 2.81. The van der Waals surface area contributed by atoms with Crippen LogP contribution in [-0.4, -0.2) is 29.9 Å². The number of methoxy groups -OCH3 is 1. The minimum absolute atomic E-state index is 0.111. The molecule has 0 saturated heterocycles. The third-order valence-corrected chi connectivity index (χ3v) is 2.26. The molecule has 1 atom stereocenters. The van der Waals surface area contributed by atoms with Crippen LogP contribution >= 0.6 is 0 Å². The highest BCUT2D eigenvalue weighted by Gasteiger charge is 2.16. The number of benzene rings is 1. The number of rotatable bonds is 6. The van der Waals surface area contributed by atoms with Gasteiger partial charge in [0, 0.05) is 0 Å². The smallest absolute Gasteiger partial charge is 0.314 e. The molecule has 6 heteroatoms. The molecule has 0 saturated carbocycles. The molecule has 0 bridgehead atoms. The summed E-state index contributed by atoms with van der Waals surface area (Å²) in [5, 5.41) is 20.1. The van der Waals surface area contributed by atoms with E-state index in [9.17, 15) is 15.2 Å². The summed E-state index contributed by atoms with van der Waals surface area (Å²) in [5.41, 5.74) is -0.156. The van der Waals surface area contributed by atoms with Crippen LogP contribution in [0.5, 0.6) is 11.5 Å². The van der Waals surface area contributed by atoms with Crippen molar-refractivity contribution in [1.82, 2.24) is 0 Å². The quantitative estimate of drug-likeness (QED) is 0.606. The molecule has 1 rings (SSSR count). The maximum absolute atomic E-state index is 10.7. The van der Waals surface area contributed by atoms with Gasteiger partial charge < -0.3 is 14.6 Å². The molecule has 0 fully saturated rings. The molecular formula is C11H15NO5. The van der Waals surface area contributed by atoms with E-state index in [4.69, 9.17) is 9.47 Å². The van der Waals surface area contributed by atoms with Crippen LogP contribution in [0, 0.1) is 10.1 Å². The first-order chi connectivity index (χ1) is 8.08. The number of aliphatic hydroxyl groups is 1. The first kappa shape index (κ1) is 13.2. The number of nitro benzene ring substituents is 1. The average molecular weight is 241 g/mol. The van der Waals surface area contributed by atoms with Gasteiger partial charge in [-0.1, -0.05) is 6.92 Å². The molecule has 1 unspecified atom stereocenters. The first-order valence-corrected chi connectivity index (χ1v) is 5.21. The molecule has 17 heavy (non-hydrogen) atoms. The fourth-order valence-electron chi connectivity index (χ4n) is 1.21. The van der Waals surface area contributed by atoms with Crippen LogP contribution in [0.25, 0.3) is 0 Å². The summed E-state index contributed by atoms with van der Waals surface area (Å²) in [6.07, 6.45) is -0.00530. The highest BCUT2D eigenvalue weighted by Crippen LogP contribution is 2.30. The maximum Gasteiger partial charge on any atom is 0.314 e. The van der Waals surface area contributed by atoms with Crippen molar-refractivity contribution >= 4 is 5.69 Å². The molecule has 1 aromatic carbocycles. The van der Waals surface area contributed by atoms with Crippen LogP contribution in [0.3, 0.4) is 0 Å². The van der Waals surface area contributed by atoms with Gasteiger partial charge in [0.1, 0.15) is 12.4 Å². The van der Waals surface area contributed by atoms with Gasteiger partial charge in [0.15, 0.2) is 5.75 Å². The van der Waals surface area contributed by atoms with Crippen LogP contribution < -0.4 is 9.47 Å². The second-order valence-electron chi connectivity index (χ2n) is 3.46. The molecule has 0 spiro atoms. The van der Waals surface area contributed by atoms with E-state index in [0.717, 1.165) is 0 Å². The van der Waals surface area contributed by atoms with Crippen molar-refractivity contribution in [3.8, 4) is 11.5 Å². The van der Waals surface area contributed by atoms with Crippen LogP contribution in [-0.2, 0) is 0 Å². The predicted molar refractivity (Wildman–Crippen MR) is 61.4 cm³/mol. The minimum Gasteiger partial charge on any atom is -0.491 e. The highest BCUT2D eigenvalue weighted by atomic mass is 16.6. The lowest BCUT2D eigenvalue weighted by Gasteiger charge is -2.10. The average Bonchev–Trinajstić information content (AvgIpc) is 2.35. The van der Waals surface area contributed by atoms with E-state index in [0.29, 0.717) is 12.2 Å². The van der Waals surface area contributed by atoms with Gasteiger partial charge in [0.2, 0.25) is 0 Å². The van der Waals surface area contributed by atoms with Gasteiger partial charge in [-0.25, -0.2) is 0 Å². The van der Waals surface area contributed by atoms with E-state index < -0.39 is 11.0 Å². The summed E-state index contributed by atoms with van der Waals surface area (Å²) in [6, 6.07) is 4.31. The zero-order chi connectivity index (χ0) is 12.8. The van der Waals surface area contributed by atoms with Crippen molar-refractivity contribution < 1.29 is 19.5 Å². The first-order valence-electron chi connectivity index (χ1n) is 5.21. The zero-order valence-corrected chi connectivity index (χ0v) is 9.75. The number of nitrogens with zero attached hydrogens (tertiary/aromatic N) is 1. The third kappa shape index (κ3) is 3.60. The fourth-order valence-corrected chi connectivity index (χ4v) is 1.21. The largest absolute Gasteiger partial charge is 0.491 e. The van der Waals surface area contributed by atoms with Crippen molar-refractivity contribution in [2.45, 2.75) is 19.4 Å². The highest BCUT2D eigenvalue weighted by molar-refractivity contribution is 5.50. The lowest BCUT2D eigenvalue weighted by molar-refractivity contribution is -0.385. The molecule has 0 aliphatic rings. The van der Waals surface area contributed by atoms with Gasteiger partial charge in [-0.05, 0) is 18.6 Å². The van der Waals surface area contributed by atoms with E-state index >= 15 is 0 Å². The van der Waals surface area contributed by atoms with Crippen molar-refractivity contribution in [3.05, 3.63) is 28.3 Å². The molecule has 1 N–H and O–H groups in total. The second kappa shape index (κ2) is 6.05. The van der Waals surface area contributed by atoms with Gasteiger partial charge in [-0.2, -0.15) is 0 Å². The Kier molecular flexibility index (Phi) is 4.71. The van der Waals surface area contributed by atoms with Crippen molar-refractivity contribution in [3.63, 3.8) is 0 Å². The van der Waals surface area contributed by atoms with E-state index in [1.807, 2.05) is 6.92 Å². The Bertz CT molecular complexity index is 393. The topological polar surface area (TPSA) is 81.8 Å². The van der Waals surface area contributed by atoms with Crippen LogP contribution in [0.4, 0.5) is 5.69 Å². The number of hydrogen-bond acceptors (Lipinski definition) is 5. The Labute approximate surface area is 98.9 Å². The summed E-state index contributed by atoms with van der Waals surface area (Å²) in [5.74, 6) is 0.517. The third-order valence-electron chi connectivity index (χ3n) is 2.26. The van der Waals surface area contributed by atoms with E-state index in [-0.39, 0.29) is 18.0 Å². The summed E-state index contributed by atoms with van der Waals surface area (Å²) in [7, 11) is 1.36. The predicted octanol–water partition coefficient (Wildman–Crippen LogP) is 1.75. The molecule has 0 radical (unpaired) electrons. The molecule has 6 nitrogen and oxygen atoms in total. The molecule has 0 aliphatic carbocycles. The van der Waals surface area contributed by atoms with Crippen LogP contribution in [0.2, 0.25) is 0 Å². The SMILES string of the molecule is CCC(O)COc1ccc(OC)c([N+](=O)[O-])c1. The number of nitro groups is 1. The molecule has 0 aliphatic heterocycles. The van der Waals surface area contributed by atoms with Gasteiger partial charge in [-0.15, -0.1) is 0 Å². The summed E-state index contributed by atoms with van der Waals surface area (Å²) in [6.45, 7) is 1.94. The van der Waals surface area contributed by atoms with Crippen LogP contribution in [0.1, 0.15) is 13.3 Å². The van der Waals surface area contributed by atoms with E-state index in [1.165, 1.54) is 19.2 Å². The Morgan fingerprint density at radius 1 is 1.53 bits per heavy atom. The van der Waals surface area contributed by atoms with Crippen molar-refractivity contribution in [2.75, 3.05) is 13.7 Å². The Morgan fingerprint density at radius 3 is 2.76 bits per heavy atom. The van der Waals surface area contributed by atoms with Crippen molar-refractivity contribution in [1.29, 1.82) is 0 Å². The van der Waals surface area contributed by atoms with Gasteiger partial charge in [-0.3, -0.25) is 10.1 Å². The summed E-state index contributed by atoms with van der Waals surface area (Å²) < 4.78 is 10.1. The Morgan fingerprint density at radius 2 is 2.24 bits per heavy atom. The van der Waals surface area contributed by atoms with Crippen molar-refractivity contribution in [2.24, 2.45) is 0 Å². The number of aliphatic hydroxyl groups excluding tert-OH is 1. The normalized spacial score (nSPS) is 11.9. The van der Waals surface area contributed by atoms with Gasteiger partial charge >= 0.3 is 5.69 Å². The summed E-state index contributed by atoms with van der Waals surface area (Å²) >= 11 is 0. The zero-order valence-electron chi connectivity index (χ0n) is 9.75. The standard InChI is InChI=1S/C11H15NO5/c1-3-8(13)7-17-9-4-5-11(16-2)10(6-9)12(14)15/h4-6,8,13H,3,7H2,1-2H3. The number of hydrogen-bond donors (Lipinski definition) is 1. The molecule has 0 heterocycles. The number of ether oxygens (including phenoxy) is 2. The monoisotopic (exact) mass is 241 g/mol. The molecule has 94 valence electrons. The van der Waals surface area contributed by atoms with Gasteiger partial charge in [0.05, 0.1) is 24.2 Å². The molecule has 0 amide bonds. The molecular weight excluding hydrogens is 226 g/mol. The second-order valence-corrected chi connectivity index (χ2v) is 3.46. The maximum atomic E-state index is 10.7. The lowest BCUT2D eigenvalue weighted by Crippen LogP contribution is -2.16. The lowest BCUT2D eigenvalue weighted by atomic mass is 10.2. The summed E-state index contributed by atoms with van der Waals surface area (Å²) in [4.78, 5) is 10.2. The molecule has 0 aromatic heterocycles. The molecule has 1 aromatic rings. The van der Waals surface area contributed by atoms with Crippen LogP contribution in [0.15, 0.2) is 18.2 Å². The Hall–Kier alpha value is -1.82. The van der Waals surface area contributed by atoms with E-state index in [2.05, 4.69) is 0 Å². The van der Waals surface area contributed by atoms with E-state index in [1.54, 1.807) is 6.07 Å². The fraction of sp³-hybridized carbons (Fsp3) is 0.455.